The number of aliphatic imine (C=N–C) groups is 1. The Morgan fingerprint density at radius 3 is 2.35 bits per heavy atom. The van der Waals surface area contributed by atoms with E-state index in [1.54, 1.807) is 0 Å². The number of amides is 1. The number of guanidine groups is 1. The number of nitrogens with one attached hydrogen (secondary N) is 3. The molecule has 0 aromatic rings. The van der Waals surface area contributed by atoms with Gasteiger partial charge in [0.2, 0.25) is 5.91 Å². The molecule has 5 nitrogen and oxygen atoms in total. The van der Waals surface area contributed by atoms with Crippen LogP contribution >= 0.6 is 24.0 Å². The van der Waals surface area contributed by atoms with E-state index in [0.717, 1.165) is 44.4 Å². The molecule has 2 fully saturated rings. The maximum absolute atomic E-state index is 11.5. The number of rotatable bonds is 8. The van der Waals surface area contributed by atoms with Crippen LogP contribution < -0.4 is 16.0 Å². The zero-order valence-corrected chi connectivity index (χ0v) is 16.7. The minimum absolute atomic E-state index is 0. The second-order valence-electron chi connectivity index (χ2n) is 6.55. The molecule has 3 N–H and O–H groups in total. The summed E-state index contributed by atoms with van der Waals surface area (Å²) in [5, 5.41) is 9.53. The van der Waals surface area contributed by atoms with Gasteiger partial charge in [-0.1, -0.05) is 32.1 Å². The molecular formula is C17H33IN4O. The third-order valence-electron chi connectivity index (χ3n) is 4.54. The van der Waals surface area contributed by atoms with Gasteiger partial charge in [0.15, 0.2) is 5.96 Å². The first-order valence-electron chi connectivity index (χ1n) is 9.09. The van der Waals surface area contributed by atoms with E-state index in [1.165, 1.54) is 38.5 Å². The Bertz CT molecular complexity index is 366. The summed E-state index contributed by atoms with van der Waals surface area (Å²) in [6.45, 7) is 5.24. The van der Waals surface area contributed by atoms with Gasteiger partial charge in [-0.3, -0.25) is 9.79 Å². The van der Waals surface area contributed by atoms with E-state index < -0.39 is 0 Å². The SMILES string of the molecule is CCNC(=NCCC1CCCCC1)NCCNC(=O)C1CC1.I. The van der Waals surface area contributed by atoms with Crippen molar-refractivity contribution in [2.24, 2.45) is 16.8 Å². The van der Waals surface area contributed by atoms with E-state index in [-0.39, 0.29) is 35.8 Å². The molecule has 6 heteroatoms. The maximum Gasteiger partial charge on any atom is 0.223 e. The Morgan fingerprint density at radius 2 is 1.70 bits per heavy atom. The van der Waals surface area contributed by atoms with Crippen molar-refractivity contribution in [3.05, 3.63) is 0 Å². The Morgan fingerprint density at radius 1 is 1.00 bits per heavy atom. The molecule has 0 atom stereocenters. The van der Waals surface area contributed by atoms with Crippen LogP contribution in [0.3, 0.4) is 0 Å². The molecule has 0 unspecified atom stereocenters. The molecule has 2 saturated carbocycles. The summed E-state index contributed by atoms with van der Waals surface area (Å²) in [5.74, 6) is 2.25. The van der Waals surface area contributed by atoms with Crippen molar-refractivity contribution in [3.8, 4) is 0 Å². The van der Waals surface area contributed by atoms with E-state index in [0.29, 0.717) is 6.54 Å². The van der Waals surface area contributed by atoms with Crippen LogP contribution in [0.15, 0.2) is 4.99 Å². The minimum atomic E-state index is 0. The highest BCUT2D eigenvalue weighted by Gasteiger charge is 2.28. The zero-order valence-electron chi connectivity index (χ0n) is 14.4. The molecule has 0 bridgehead atoms. The Kier molecular flexibility index (Phi) is 10.6. The van der Waals surface area contributed by atoms with Crippen LogP contribution in [0.5, 0.6) is 0 Å². The average Bonchev–Trinajstić information content (AvgIpc) is 3.37. The summed E-state index contributed by atoms with van der Waals surface area (Å²) in [4.78, 5) is 16.2. The van der Waals surface area contributed by atoms with Crippen LogP contribution in [-0.2, 0) is 4.79 Å². The van der Waals surface area contributed by atoms with E-state index in [2.05, 4.69) is 27.9 Å². The number of carbonyl (C=O) groups is 1. The first-order valence-corrected chi connectivity index (χ1v) is 9.09. The number of hydrogen-bond donors (Lipinski definition) is 3. The van der Waals surface area contributed by atoms with Gasteiger partial charge in [-0.05, 0) is 32.1 Å². The predicted molar refractivity (Wildman–Crippen MR) is 106 cm³/mol. The quantitative estimate of drug-likeness (QED) is 0.237. The van der Waals surface area contributed by atoms with Gasteiger partial charge in [0, 0.05) is 32.1 Å². The van der Waals surface area contributed by atoms with Crippen LogP contribution in [-0.4, -0.2) is 38.0 Å². The van der Waals surface area contributed by atoms with E-state index in [1.807, 2.05) is 0 Å². The molecule has 23 heavy (non-hydrogen) atoms. The van der Waals surface area contributed by atoms with Crippen LogP contribution in [0, 0.1) is 11.8 Å². The largest absolute Gasteiger partial charge is 0.357 e. The number of nitrogens with zero attached hydrogens (tertiary/aromatic N) is 1. The van der Waals surface area contributed by atoms with E-state index in [4.69, 9.17) is 0 Å². The fourth-order valence-electron chi connectivity index (χ4n) is 3.03. The second-order valence-corrected chi connectivity index (χ2v) is 6.55. The summed E-state index contributed by atoms with van der Waals surface area (Å²) in [5.41, 5.74) is 0. The molecule has 0 aromatic heterocycles. The van der Waals surface area contributed by atoms with Gasteiger partial charge in [0.1, 0.15) is 0 Å². The smallest absolute Gasteiger partial charge is 0.223 e. The van der Waals surface area contributed by atoms with Crippen molar-refractivity contribution in [1.82, 2.24) is 16.0 Å². The zero-order chi connectivity index (χ0) is 15.6. The highest BCUT2D eigenvalue weighted by molar-refractivity contribution is 14.0. The van der Waals surface area contributed by atoms with Gasteiger partial charge in [0.05, 0.1) is 0 Å². The third kappa shape index (κ3) is 8.77. The topological polar surface area (TPSA) is 65.5 Å². The maximum atomic E-state index is 11.5. The molecule has 0 saturated heterocycles. The summed E-state index contributed by atoms with van der Waals surface area (Å²) < 4.78 is 0. The van der Waals surface area contributed by atoms with Gasteiger partial charge >= 0.3 is 0 Å². The summed E-state index contributed by atoms with van der Waals surface area (Å²) in [6, 6.07) is 0. The molecule has 0 spiro atoms. The van der Waals surface area contributed by atoms with Crippen molar-refractivity contribution < 1.29 is 4.79 Å². The first kappa shape index (κ1) is 20.5. The van der Waals surface area contributed by atoms with Crippen molar-refractivity contribution in [1.29, 1.82) is 0 Å². The highest BCUT2D eigenvalue weighted by atomic mass is 127. The van der Waals surface area contributed by atoms with Crippen molar-refractivity contribution >= 4 is 35.8 Å². The fraction of sp³-hybridized carbons (Fsp3) is 0.882. The van der Waals surface area contributed by atoms with Crippen molar-refractivity contribution in [3.63, 3.8) is 0 Å². The Balaban J connectivity index is 0.00000264. The minimum Gasteiger partial charge on any atom is -0.357 e. The number of halogens is 1. The second kappa shape index (κ2) is 11.9. The van der Waals surface area contributed by atoms with E-state index >= 15 is 0 Å². The first-order chi connectivity index (χ1) is 10.8. The van der Waals surface area contributed by atoms with Gasteiger partial charge in [-0.15, -0.1) is 24.0 Å². The molecule has 134 valence electrons. The average molecular weight is 436 g/mol. The lowest BCUT2D eigenvalue weighted by Gasteiger charge is -2.20. The highest BCUT2D eigenvalue weighted by Crippen LogP contribution is 2.28. The van der Waals surface area contributed by atoms with Gasteiger partial charge < -0.3 is 16.0 Å². The van der Waals surface area contributed by atoms with E-state index in [9.17, 15) is 4.79 Å². The molecular weight excluding hydrogens is 403 g/mol. The van der Waals surface area contributed by atoms with Crippen molar-refractivity contribution in [2.45, 2.75) is 58.3 Å². The predicted octanol–water partition coefficient (Wildman–Crippen LogP) is 2.66. The van der Waals surface area contributed by atoms with Gasteiger partial charge in [-0.2, -0.15) is 0 Å². The molecule has 2 rings (SSSR count). The molecule has 2 aliphatic rings. The Hall–Kier alpha value is -0.530. The monoisotopic (exact) mass is 436 g/mol. The standard InChI is InChI=1S/C17H32N4O.HI/c1-2-18-17(20-11-10-14-6-4-3-5-7-14)21-13-12-19-16(22)15-8-9-15;/h14-15H,2-13H2,1H3,(H,19,22)(H2,18,20,21);1H. The van der Waals surface area contributed by atoms with Crippen molar-refractivity contribution in [2.75, 3.05) is 26.2 Å². The lowest BCUT2D eigenvalue weighted by molar-refractivity contribution is -0.122. The molecule has 0 aromatic carbocycles. The lowest BCUT2D eigenvalue weighted by atomic mass is 9.87. The molecule has 0 radical (unpaired) electrons. The van der Waals surface area contributed by atoms with Crippen LogP contribution in [0.2, 0.25) is 0 Å². The molecule has 0 heterocycles. The fourth-order valence-corrected chi connectivity index (χ4v) is 3.03. The summed E-state index contributed by atoms with van der Waals surface area (Å²) >= 11 is 0. The van der Waals surface area contributed by atoms with Gasteiger partial charge in [0.25, 0.3) is 0 Å². The lowest BCUT2D eigenvalue weighted by Crippen LogP contribution is -2.41. The Labute approximate surface area is 157 Å². The van der Waals surface area contributed by atoms with Crippen LogP contribution in [0.4, 0.5) is 0 Å². The number of hydrogen-bond acceptors (Lipinski definition) is 2. The molecule has 2 aliphatic carbocycles. The summed E-state index contributed by atoms with van der Waals surface area (Å²) in [6.07, 6.45) is 10.3. The van der Waals surface area contributed by atoms with Crippen LogP contribution in [0.25, 0.3) is 0 Å². The number of carbonyl (C=O) groups excluding carboxylic acids is 1. The summed E-state index contributed by atoms with van der Waals surface area (Å²) in [7, 11) is 0. The molecule has 0 aliphatic heterocycles. The van der Waals surface area contributed by atoms with Gasteiger partial charge in [-0.25, -0.2) is 0 Å². The molecule has 1 amide bonds. The third-order valence-corrected chi connectivity index (χ3v) is 4.54. The normalized spacial score (nSPS) is 18.9. The van der Waals surface area contributed by atoms with Crippen LogP contribution in [0.1, 0.15) is 58.3 Å².